The lowest BCUT2D eigenvalue weighted by atomic mass is 9.93. The zero-order valence-electron chi connectivity index (χ0n) is 14.4. The molecule has 0 radical (unpaired) electrons. The molecule has 4 rings (SSSR count). The van der Waals surface area contributed by atoms with Crippen molar-refractivity contribution in [2.45, 2.75) is 25.4 Å². The summed E-state index contributed by atoms with van der Waals surface area (Å²) in [5.74, 6) is -0.255. The van der Waals surface area contributed by atoms with Crippen molar-refractivity contribution in [3.05, 3.63) is 47.7 Å². The van der Waals surface area contributed by atoms with Crippen LogP contribution in [0, 0.1) is 0 Å². The second-order valence-electron chi connectivity index (χ2n) is 6.65. The molecule has 5 nitrogen and oxygen atoms in total. The zero-order valence-corrected chi connectivity index (χ0v) is 14.4. The molecular weight excluding hydrogens is 316 g/mol. The van der Waals surface area contributed by atoms with E-state index in [9.17, 15) is 10.2 Å². The average Bonchev–Trinajstić information content (AvgIpc) is 2.90. The fourth-order valence-electron chi connectivity index (χ4n) is 3.79. The standard InChI is InChI=1S/C20H22N2O3/c1-22-17-6-3-12(21-13-4-8-19(23)20(24)10-13)9-15(17)16-11-14(25-2)5-7-18(16)22/h3-4,6,8-10,14,21,23-24H,5,7,11H2,1-2H3. The Kier molecular flexibility index (Phi) is 3.81. The van der Waals surface area contributed by atoms with Gasteiger partial charge in [0, 0.05) is 54.6 Å². The molecule has 0 aliphatic heterocycles. The zero-order chi connectivity index (χ0) is 17.6. The van der Waals surface area contributed by atoms with E-state index < -0.39 is 0 Å². The molecule has 25 heavy (non-hydrogen) atoms. The molecule has 3 N–H and O–H groups in total. The largest absolute Gasteiger partial charge is 0.504 e. The van der Waals surface area contributed by atoms with Crippen molar-refractivity contribution in [3.8, 4) is 11.5 Å². The van der Waals surface area contributed by atoms with Crippen molar-refractivity contribution >= 4 is 22.3 Å². The van der Waals surface area contributed by atoms with E-state index in [1.165, 1.54) is 34.3 Å². The number of rotatable bonds is 3. The Labute approximate surface area is 146 Å². The van der Waals surface area contributed by atoms with Crippen LogP contribution in [0.3, 0.4) is 0 Å². The molecule has 5 heteroatoms. The Morgan fingerprint density at radius 3 is 2.60 bits per heavy atom. The van der Waals surface area contributed by atoms with Crippen molar-refractivity contribution in [2.24, 2.45) is 7.05 Å². The van der Waals surface area contributed by atoms with E-state index in [1.807, 2.05) is 6.07 Å². The third-order valence-corrected chi connectivity index (χ3v) is 5.17. The van der Waals surface area contributed by atoms with Gasteiger partial charge in [0.05, 0.1) is 6.10 Å². The summed E-state index contributed by atoms with van der Waals surface area (Å²) in [6.07, 6.45) is 3.31. The summed E-state index contributed by atoms with van der Waals surface area (Å²) < 4.78 is 7.86. The number of aromatic hydroxyl groups is 2. The molecule has 0 saturated carbocycles. The second kappa shape index (κ2) is 6.01. The number of nitrogens with zero attached hydrogens (tertiary/aromatic N) is 1. The highest BCUT2D eigenvalue weighted by Gasteiger charge is 2.24. The number of anilines is 2. The number of phenols is 2. The Bertz CT molecular complexity index is 946. The Morgan fingerprint density at radius 1 is 1.08 bits per heavy atom. The first-order valence-electron chi connectivity index (χ1n) is 8.49. The number of aryl methyl sites for hydroxylation is 1. The SMILES string of the molecule is COC1CCc2c(c3cc(Nc4ccc(O)c(O)c4)ccc3n2C)C1. The van der Waals surface area contributed by atoms with Crippen molar-refractivity contribution < 1.29 is 14.9 Å². The molecule has 1 aromatic heterocycles. The first-order valence-corrected chi connectivity index (χ1v) is 8.49. The highest BCUT2D eigenvalue weighted by Crippen LogP contribution is 2.35. The van der Waals surface area contributed by atoms with Gasteiger partial charge in [-0.2, -0.15) is 0 Å². The van der Waals surface area contributed by atoms with Crippen LogP contribution in [0.1, 0.15) is 17.7 Å². The highest BCUT2D eigenvalue weighted by molar-refractivity contribution is 5.89. The van der Waals surface area contributed by atoms with Crippen LogP contribution in [0.5, 0.6) is 11.5 Å². The van der Waals surface area contributed by atoms with E-state index in [4.69, 9.17) is 4.74 Å². The van der Waals surface area contributed by atoms with Crippen LogP contribution >= 0.6 is 0 Å². The van der Waals surface area contributed by atoms with E-state index in [0.29, 0.717) is 0 Å². The number of methoxy groups -OCH3 is 1. The molecule has 1 heterocycles. The van der Waals surface area contributed by atoms with Gasteiger partial charge in [-0.15, -0.1) is 0 Å². The van der Waals surface area contributed by atoms with Gasteiger partial charge in [0.25, 0.3) is 0 Å². The van der Waals surface area contributed by atoms with Gasteiger partial charge in [-0.25, -0.2) is 0 Å². The lowest BCUT2D eigenvalue weighted by molar-refractivity contribution is 0.0908. The molecule has 130 valence electrons. The van der Waals surface area contributed by atoms with Gasteiger partial charge >= 0.3 is 0 Å². The summed E-state index contributed by atoms with van der Waals surface area (Å²) in [6, 6.07) is 11.0. The fraction of sp³-hybridized carbons (Fsp3) is 0.300. The van der Waals surface area contributed by atoms with Gasteiger partial charge in [0.2, 0.25) is 0 Å². The normalized spacial score (nSPS) is 16.8. The molecule has 3 aromatic rings. The summed E-state index contributed by atoms with van der Waals surface area (Å²) in [5.41, 5.74) is 5.66. The Morgan fingerprint density at radius 2 is 1.84 bits per heavy atom. The minimum atomic E-state index is -0.133. The van der Waals surface area contributed by atoms with Gasteiger partial charge in [-0.05, 0) is 48.7 Å². The topological polar surface area (TPSA) is 66.7 Å². The van der Waals surface area contributed by atoms with Crippen molar-refractivity contribution in [3.63, 3.8) is 0 Å². The van der Waals surface area contributed by atoms with Gasteiger partial charge in [0.15, 0.2) is 11.5 Å². The summed E-state index contributed by atoms with van der Waals surface area (Å²) >= 11 is 0. The van der Waals surface area contributed by atoms with Crippen LogP contribution in [0.15, 0.2) is 36.4 Å². The first kappa shape index (κ1) is 15.8. The number of benzene rings is 2. The number of fused-ring (bicyclic) bond motifs is 3. The van der Waals surface area contributed by atoms with Gasteiger partial charge < -0.3 is 24.8 Å². The fourth-order valence-corrected chi connectivity index (χ4v) is 3.79. The number of ether oxygens (including phenoxy) is 1. The molecule has 0 bridgehead atoms. The average molecular weight is 338 g/mol. The molecule has 1 atom stereocenters. The number of nitrogens with one attached hydrogen (secondary N) is 1. The predicted molar refractivity (Wildman–Crippen MR) is 98.8 cm³/mol. The molecule has 2 aromatic carbocycles. The van der Waals surface area contributed by atoms with Crippen LogP contribution in [-0.4, -0.2) is 28.0 Å². The predicted octanol–water partition coefficient (Wildman–Crippen LogP) is 3.84. The molecule has 1 aliphatic carbocycles. The third-order valence-electron chi connectivity index (χ3n) is 5.17. The quantitative estimate of drug-likeness (QED) is 0.501. The second-order valence-corrected chi connectivity index (χ2v) is 6.65. The van der Waals surface area contributed by atoms with E-state index in [1.54, 1.807) is 13.2 Å². The maximum Gasteiger partial charge on any atom is 0.159 e. The number of phenolic OH excluding ortho intramolecular Hbond substituents is 2. The van der Waals surface area contributed by atoms with Crippen molar-refractivity contribution in [1.82, 2.24) is 4.57 Å². The lowest BCUT2D eigenvalue weighted by Gasteiger charge is -2.22. The van der Waals surface area contributed by atoms with Crippen LogP contribution in [-0.2, 0) is 24.6 Å². The molecule has 0 spiro atoms. The van der Waals surface area contributed by atoms with Crippen LogP contribution < -0.4 is 5.32 Å². The van der Waals surface area contributed by atoms with Gasteiger partial charge in [-0.1, -0.05) is 0 Å². The van der Waals surface area contributed by atoms with Gasteiger partial charge in [0.1, 0.15) is 0 Å². The smallest absolute Gasteiger partial charge is 0.159 e. The first-order chi connectivity index (χ1) is 12.1. The van der Waals surface area contributed by atoms with Crippen molar-refractivity contribution in [2.75, 3.05) is 12.4 Å². The summed E-state index contributed by atoms with van der Waals surface area (Å²) in [4.78, 5) is 0. The van der Waals surface area contributed by atoms with Crippen LogP contribution in [0.25, 0.3) is 10.9 Å². The summed E-state index contributed by atoms with van der Waals surface area (Å²) in [7, 11) is 3.91. The highest BCUT2D eigenvalue weighted by atomic mass is 16.5. The number of hydrogen-bond donors (Lipinski definition) is 3. The van der Waals surface area contributed by atoms with E-state index in [0.717, 1.165) is 30.6 Å². The Balaban J connectivity index is 1.73. The lowest BCUT2D eigenvalue weighted by Crippen LogP contribution is -2.21. The molecule has 1 unspecified atom stereocenters. The van der Waals surface area contributed by atoms with Gasteiger partial charge in [-0.3, -0.25) is 0 Å². The molecule has 0 saturated heterocycles. The maximum atomic E-state index is 9.66. The number of aromatic nitrogens is 1. The van der Waals surface area contributed by atoms with Crippen LogP contribution in [0.4, 0.5) is 11.4 Å². The number of hydrogen-bond acceptors (Lipinski definition) is 4. The Hall–Kier alpha value is -2.66. The molecule has 0 fully saturated rings. The minimum Gasteiger partial charge on any atom is -0.504 e. The molecule has 1 aliphatic rings. The summed E-state index contributed by atoms with van der Waals surface area (Å²) in [6.45, 7) is 0. The monoisotopic (exact) mass is 338 g/mol. The summed E-state index contributed by atoms with van der Waals surface area (Å²) in [5, 5.41) is 23.6. The minimum absolute atomic E-state index is 0.122. The molecule has 0 amide bonds. The van der Waals surface area contributed by atoms with Crippen molar-refractivity contribution in [1.29, 1.82) is 0 Å². The van der Waals surface area contributed by atoms with E-state index >= 15 is 0 Å². The third kappa shape index (κ3) is 2.70. The maximum absolute atomic E-state index is 9.66. The van der Waals surface area contributed by atoms with Crippen LogP contribution in [0.2, 0.25) is 0 Å². The van der Waals surface area contributed by atoms with E-state index in [-0.39, 0.29) is 17.6 Å². The molecular formula is C20H22N2O3. The van der Waals surface area contributed by atoms with E-state index in [2.05, 4.69) is 29.1 Å².